The van der Waals surface area contributed by atoms with Crippen molar-refractivity contribution >= 4 is 17.3 Å². The van der Waals surface area contributed by atoms with Crippen LogP contribution in [0.2, 0.25) is 0 Å². The molecule has 0 bridgehead atoms. The van der Waals surface area contributed by atoms with Crippen LogP contribution in [0.15, 0.2) is 42.7 Å². The molecule has 1 aromatic heterocycles. The molecule has 1 aromatic carbocycles. The van der Waals surface area contributed by atoms with E-state index in [2.05, 4.69) is 15.2 Å². The van der Waals surface area contributed by atoms with Crippen molar-refractivity contribution in [1.29, 1.82) is 0 Å². The van der Waals surface area contributed by atoms with Crippen LogP contribution in [0.1, 0.15) is 17.5 Å². The topological polar surface area (TPSA) is 57.7 Å². The summed E-state index contributed by atoms with van der Waals surface area (Å²) in [6, 6.07) is 9.06. The molecule has 2 aromatic rings. The lowest BCUT2D eigenvalue weighted by molar-refractivity contribution is -0.137. The van der Waals surface area contributed by atoms with Gasteiger partial charge in [0.2, 0.25) is 5.91 Å². The van der Waals surface area contributed by atoms with E-state index < -0.39 is 11.7 Å². The molecule has 3 aliphatic heterocycles. The highest BCUT2D eigenvalue weighted by molar-refractivity contribution is 5.79. The number of halogens is 3. The molecular weight excluding hydrogens is 421 g/mol. The maximum Gasteiger partial charge on any atom is 0.417 e. The lowest BCUT2D eigenvalue weighted by Gasteiger charge is -2.56. The van der Waals surface area contributed by atoms with E-state index in [1.54, 1.807) is 0 Å². The number of nitrogens with one attached hydrogen (secondary N) is 1. The van der Waals surface area contributed by atoms with Crippen molar-refractivity contribution in [3.05, 3.63) is 53.9 Å². The number of aromatic nitrogens is 1. The largest absolute Gasteiger partial charge is 0.417 e. The van der Waals surface area contributed by atoms with Crippen LogP contribution in [-0.4, -0.2) is 56.3 Å². The summed E-state index contributed by atoms with van der Waals surface area (Å²) in [4.78, 5) is 20.4. The number of nitrogens with zero attached hydrogens (tertiary/aromatic N) is 3. The Morgan fingerprint density at radius 3 is 2.53 bits per heavy atom. The molecule has 3 saturated heterocycles. The molecular formula is C23H25F3N4O2. The van der Waals surface area contributed by atoms with E-state index in [1.165, 1.54) is 6.20 Å². The first-order valence-electron chi connectivity index (χ1n) is 10.8. The number of hydrogen-bond acceptors (Lipinski definition) is 5. The number of rotatable bonds is 5. The molecule has 9 heteroatoms. The second kappa shape index (κ2) is 7.95. The van der Waals surface area contributed by atoms with Crippen molar-refractivity contribution in [2.75, 3.05) is 49.2 Å². The van der Waals surface area contributed by atoms with Crippen molar-refractivity contribution < 1.29 is 22.7 Å². The van der Waals surface area contributed by atoms with Crippen molar-refractivity contribution in [3.63, 3.8) is 0 Å². The van der Waals surface area contributed by atoms with Gasteiger partial charge in [0, 0.05) is 44.1 Å². The first-order valence-corrected chi connectivity index (χ1v) is 10.8. The number of alkyl halides is 3. The van der Waals surface area contributed by atoms with Gasteiger partial charge in [0.1, 0.15) is 0 Å². The predicted octanol–water partition coefficient (Wildman–Crippen LogP) is 2.87. The fraction of sp³-hybridized carbons (Fsp3) is 0.478. The van der Waals surface area contributed by atoms with Crippen molar-refractivity contribution in [1.82, 2.24) is 10.3 Å². The summed E-state index contributed by atoms with van der Waals surface area (Å²) in [6.45, 7) is 4.78. The number of ether oxygens (including phenoxy) is 1. The molecule has 0 saturated carbocycles. The quantitative estimate of drug-likeness (QED) is 0.766. The minimum atomic E-state index is -4.42. The van der Waals surface area contributed by atoms with Crippen LogP contribution in [0.3, 0.4) is 0 Å². The van der Waals surface area contributed by atoms with Gasteiger partial charge < -0.3 is 19.9 Å². The highest BCUT2D eigenvalue weighted by Gasteiger charge is 2.49. The number of anilines is 2. The fourth-order valence-electron chi connectivity index (χ4n) is 4.68. The molecule has 0 aliphatic carbocycles. The van der Waals surface area contributed by atoms with Crippen LogP contribution < -0.4 is 15.1 Å². The zero-order valence-electron chi connectivity index (χ0n) is 17.6. The highest BCUT2D eigenvalue weighted by atomic mass is 19.4. The fourth-order valence-corrected chi connectivity index (χ4v) is 4.68. The monoisotopic (exact) mass is 446 g/mol. The van der Waals surface area contributed by atoms with E-state index in [1.807, 2.05) is 29.2 Å². The van der Waals surface area contributed by atoms with Gasteiger partial charge in [0.25, 0.3) is 0 Å². The maximum atomic E-state index is 12.9. The molecule has 0 radical (unpaired) electrons. The lowest BCUT2D eigenvalue weighted by Crippen LogP contribution is -2.66. The summed E-state index contributed by atoms with van der Waals surface area (Å²) in [5.41, 5.74) is 2.12. The maximum absolute atomic E-state index is 12.9. The van der Waals surface area contributed by atoms with Crippen LogP contribution >= 0.6 is 0 Å². The molecule has 3 fully saturated rings. The van der Waals surface area contributed by atoms with Crippen LogP contribution in [0.4, 0.5) is 24.5 Å². The molecule has 6 nitrogen and oxygen atoms in total. The average molecular weight is 446 g/mol. The van der Waals surface area contributed by atoms with Crippen LogP contribution in [0, 0.1) is 5.41 Å². The summed E-state index contributed by atoms with van der Waals surface area (Å²) in [5.74, 6) is -0.0821. The predicted molar refractivity (Wildman–Crippen MR) is 114 cm³/mol. The van der Waals surface area contributed by atoms with Gasteiger partial charge in [-0.15, -0.1) is 0 Å². The normalized spacial score (nSPS) is 21.9. The van der Waals surface area contributed by atoms with Crippen molar-refractivity contribution in [3.8, 4) is 0 Å². The third kappa shape index (κ3) is 4.26. The van der Waals surface area contributed by atoms with Gasteiger partial charge in [0.05, 0.1) is 42.5 Å². The number of hydrogen-bond donors (Lipinski definition) is 1. The zero-order valence-corrected chi connectivity index (χ0v) is 17.6. The highest BCUT2D eigenvalue weighted by Crippen LogP contribution is 2.40. The molecule has 170 valence electrons. The Balaban J connectivity index is 1.11. The Bertz CT molecular complexity index is 983. The minimum Gasteiger partial charge on any atom is -0.380 e. The van der Waals surface area contributed by atoms with Crippen LogP contribution in [-0.2, 0) is 22.1 Å². The molecule has 1 atom stereocenters. The average Bonchev–Trinajstić information content (AvgIpc) is 3.15. The Morgan fingerprint density at radius 2 is 1.88 bits per heavy atom. The standard InChI is InChI=1S/C23H25F3N4O2/c24-23(25,26)17-8-20(10-27-9-17)29-6-5-18(11-29)28-21(31)7-16-1-3-19(4-2-16)30-12-22(13-30)14-32-15-22/h1-4,8-10,18H,5-7,11-15H2,(H,28,31). The third-order valence-corrected chi connectivity index (χ3v) is 6.50. The van der Waals surface area contributed by atoms with Gasteiger partial charge in [-0.2, -0.15) is 13.2 Å². The van der Waals surface area contributed by atoms with Crippen LogP contribution in [0.5, 0.6) is 0 Å². The van der Waals surface area contributed by atoms with Gasteiger partial charge in [0.15, 0.2) is 0 Å². The molecule has 3 aliphatic rings. The molecule has 1 unspecified atom stereocenters. The molecule has 4 heterocycles. The van der Waals surface area contributed by atoms with Gasteiger partial charge in [-0.25, -0.2) is 0 Å². The van der Waals surface area contributed by atoms with E-state index >= 15 is 0 Å². The lowest BCUT2D eigenvalue weighted by atomic mass is 9.78. The number of amides is 1. The smallest absolute Gasteiger partial charge is 0.380 e. The third-order valence-electron chi connectivity index (χ3n) is 6.50. The van der Waals surface area contributed by atoms with Crippen molar-refractivity contribution in [2.24, 2.45) is 5.41 Å². The Labute approximate surface area is 184 Å². The summed E-state index contributed by atoms with van der Waals surface area (Å²) >= 11 is 0. The number of carbonyl (C=O) groups excluding carboxylic acids is 1. The van der Waals surface area contributed by atoms with E-state index in [4.69, 9.17) is 4.74 Å². The molecule has 1 amide bonds. The second-order valence-electron chi connectivity index (χ2n) is 9.12. The summed E-state index contributed by atoms with van der Waals surface area (Å²) < 4.78 is 44.1. The summed E-state index contributed by atoms with van der Waals surface area (Å²) in [7, 11) is 0. The Kier molecular flexibility index (Phi) is 5.23. The van der Waals surface area contributed by atoms with Crippen molar-refractivity contribution in [2.45, 2.75) is 25.1 Å². The van der Waals surface area contributed by atoms with E-state index in [0.717, 1.165) is 49.8 Å². The Morgan fingerprint density at radius 1 is 1.12 bits per heavy atom. The van der Waals surface area contributed by atoms with Crippen LogP contribution in [0.25, 0.3) is 0 Å². The first kappa shape index (κ1) is 21.1. The van der Waals surface area contributed by atoms with E-state index in [-0.39, 0.29) is 18.4 Å². The SMILES string of the molecule is O=C(Cc1ccc(N2CC3(COC3)C2)cc1)NC1CCN(c2cncc(C(F)(F)F)c2)C1. The molecule has 1 spiro atoms. The van der Waals surface area contributed by atoms with E-state index in [9.17, 15) is 18.0 Å². The molecule has 32 heavy (non-hydrogen) atoms. The Hall–Kier alpha value is -2.81. The summed E-state index contributed by atoms with van der Waals surface area (Å²) in [6.07, 6.45) is -1.21. The van der Waals surface area contributed by atoms with E-state index in [0.29, 0.717) is 30.6 Å². The van der Waals surface area contributed by atoms with Gasteiger partial charge in [-0.3, -0.25) is 9.78 Å². The number of pyridine rings is 1. The minimum absolute atomic E-state index is 0.0821. The zero-order chi connectivity index (χ0) is 22.3. The van der Waals surface area contributed by atoms with Gasteiger partial charge in [-0.1, -0.05) is 12.1 Å². The second-order valence-corrected chi connectivity index (χ2v) is 9.12. The molecule has 5 rings (SSSR count). The number of benzene rings is 1. The van der Waals surface area contributed by atoms with Gasteiger partial charge >= 0.3 is 6.18 Å². The van der Waals surface area contributed by atoms with Gasteiger partial charge in [-0.05, 0) is 30.2 Å². The first-order chi connectivity index (χ1) is 15.3. The summed E-state index contributed by atoms with van der Waals surface area (Å²) in [5, 5.41) is 3.01. The molecule has 1 N–H and O–H groups in total. The number of carbonyl (C=O) groups is 1.